The smallest absolute Gasteiger partial charge is 0.323 e. The van der Waals surface area contributed by atoms with E-state index in [0.29, 0.717) is 48.2 Å². The molecule has 2 bridgehead atoms. The van der Waals surface area contributed by atoms with E-state index in [1.165, 1.54) is 6.33 Å². The van der Waals surface area contributed by atoms with E-state index in [4.69, 9.17) is 9.47 Å². The molecule has 3 heterocycles. The van der Waals surface area contributed by atoms with E-state index in [2.05, 4.69) is 42.8 Å². The van der Waals surface area contributed by atoms with E-state index in [-0.39, 0.29) is 18.6 Å². The molecule has 1 aliphatic carbocycles. The molecule has 3 aromatic rings. The number of fused-ring (bicyclic) bond motifs is 2. The first-order valence-corrected chi connectivity index (χ1v) is 13.2. The predicted molar refractivity (Wildman–Crippen MR) is 152 cm³/mol. The van der Waals surface area contributed by atoms with Gasteiger partial charge in [0.2, 0.25) is 0 Å². The SMILES string of the molecule is COc1ccc(NC(=O)NC2=C3CC(C=C2)Nc2ncnc4[nH]cc(c24)CN(C)CCCN(C)C(=O)CO3)cc1. The number of amides is 3. The van der Waals surface area contributed by atoms with E-state index < -0.39 is 6.03 Å². The summed E-state index contributed by atoms with van der Waals surface area (Å²) < 4.78 is 11.2. The highest BCUT2D eigenvalue weighted by atomic mass is 16.5. The maximum atomic E-state index is 12.8. The lowest BCUT2D eigenvalue weighted by Gasteiger charge is -2.26. The number of hydrogen-bond acceptors (Lipinski definition) is 8. The average Bonchev–Trinajstić information content (AvgIpc) is 3.36. The summed E-state index contributed by atoms with van der Waals surface area (Å²) in [4.78, 5) is 41.7. The molecule has 0 saturated carbocycles. The van der Waals surface area contributed by atoms with Gasteiger partial charge in [-0.25, -0.2) is 14.8 Å². The average molecular weight is 547 g/mol. The molecule has 2 aromatic heterocycles. The standard InChI is InChI=1S/C28H34N8O4/c1-35-11-4-12-36(2)24(37)16-40-23-13-20(32-27-25-18(15-35)14-29-26(25)30-17-31-27)7-10-22(23)34-28(38)33-19-5-8-21(39-3)9-6-19/h5-10,14,17,20H,4,11-13,15-16H2,1-3H3,(H2,33,34,38)(H2,29,30,31,32). The molecule has 0 radical (unpaired) electrons. The van der Waals surface area contributed by atoms with Gasteiger partial charge in [0, 0.05) is 38.4 Å². The molecule has 5 rings (SSSR count). The first kappa shape index (κ1) is 27.0. The zero-order chi connectivity index (χ0) is 28.1. The van der Waals surface area contributed by atoms with Gasteiger partial charge in [-0.3, -0.25) is 4.79 Å². The number of ether oxygens (including phenoxy) is 2. The van der Waals surface area contributed by atoms with E-state index >= 15 is 0 Å². The van der Waals surface area contributed by atoms with Crippen LogP contribution in [0, 0.1) is 0 Å². The van der Waals surface area contributed by atoms with Crippen LogP contribution in [0.2, 0.25) is 0 Å². The number of aromatic amines is 1. The fraction of sp³-hybridized carbons (Fsp3) is 0.357. The number of allylic oxidation sites excluding steroid dienone is 1. The molecule has 0 saturated heterocycles. The van der Waals surface area contributed by atoms with Gasteiger partial charge >= 0.3 is 6.03 Å². The third kappa shape index (κ3) is 6.34. The number of methoxy groups -OCH3 is 1. The Hall–Kier alpha value is -4.58. The molecular weight excluding hydrogens is 512 g/mol. The zero-order valence-corrected chi connectivity index (χ0v) is 22.9. The Balaban J connectivity index is 1.39. The summed E-state index contributed by atoms with van der Waals surface area (Å²) in [7, 11) is 5.42. The number of urea groups is 1. The molecule has 1 unspecified atom stereocenters. The Morgan fingerprint density at radius 2 is 1.98 bits per heavy atom. The van der Waals surface area contributed by atoms with Crippen LogP contribution < -0.4 is 20.7 Å². The number of carbonyl (C=O) groups excluding carboxylic acids is 2. The molecule has 12 heteroatoms. The largest absolute Gasteiger partial charge is 0.497 e. The molecule has 2 aliphatic rings. The molecule has 1 aliphatic heterocycles. The van der Waals surface area contributed by atoms with Crippen LogP contribution in [0.15, 0.2) is 60.4 Å². The van der Waals surface area contributed by atoms with E-state index in [0.717, 1.165) is 29.6 Å². The van der Waals surface area contributed by atoms with Gasteiger partial charge < -0.3 is 40.2 Å². The van der Waals surface area contributed by atoms with Gasteiger partial charge in [0.25, 0.3) is 5.91 Å². The van der Waals surface area contributed by atoms with Crippen LogP contribution >= 0.6 is 0 Å². The van der Waals surface area contributed by atoms with Crippen molar-refractivity contribution in [1.82, 2.24) is 30.1 Å². The van der Waals surface area contributed by atoms with Crippen molar-refractivity contribution in [2.45, 2.75) is 25.4 Å². The van der Waals surface area contributed by atoms with E-state index in [1.807, 2.05) is 12.3 Å². The van der Waals surface area contributed by atoms with Gasteiger partial charge in [0.05, 0.1) is 24.2 Å². The number of rotatable bonds is 3. The maximum Gasteiger partial charge on any atom is 0.323 e. The van der Waals surface area contributed by atoms with E-state index in [1.54, 1.807) is 49.4 Å². The van der Waals surface area contributed by atoms with Gasteiger partial charge in [0.15, 0.2) is 6.61 Å². The summed E-state index contributed by atoms with van der Waals surface area (Å²) in [5.41, 5.74) is 2.94. The molecule has 12 nitrogen and oxygen atoms in total. The Morgan fingerprint density at radius 1 is 1.15 bits per heavy atom. The number of anilines is 2. The fourth-order valence-corrected chi connectivity index (χ4v) is 4.76. The third-order valence-electron chi connectivity index (χ3n) is 6.94. The molecule has 1 aromatic carbocycles. The third-order valence-corrected chi connectivity index (χ3v) is 6.94. The lowest BCUT2D eigenvalue weighted by atomic mass is 10.0. The number of nitrogens with one attached hydrogen (secondary N) is 4. The molecule has 0 fully saturated rings. The van der Waals surface area contributed by atoms with Crippen molar-refractivity contribution in [1.29, 1.82) is 0 Å². The fourth-order valence-electron chi connectivity index (χ4n) is 4.76. The Morgan fingerprint density at radius 3 is 2.77 bits per heavy atom. The highest BCUT2D eigenvalue weighted by Gasteiger charge is 2.23. The quantitative estimate of drug-likeness (QED) is 0.394. The van der Waals surface area contributed by atoms with Crippen molar-refractivity contribution in [3.63, 3.8) is 0 Å². The second-order valence-corrected chi connectivity index (χ2v) is 9.91. The summed E-state index contributed by atoms with van der Waals surface area (Å²) in [5, 5.41) is 10.1. The topological polar surface area (TPSA) is 137 Å². The highest BCUT2D eigenvalue weighted by Crippen LogP contribution is 2.28. The Labute approximate surface area is 232 Å². The normalized spacial score (nSPS) is 18.7. The van der Waals surface area contributed by atoms with Crippen LogP contribution in [0.25, 0.3) is 11.0 Å². The van der Waals surface area contributed by atoms with Crippen LogP contribution in [0.3, 0.4) is 0 Å². The van der Waals surface area contributed by atoms with Crippen molar-refractivity contribution < 1.29 is 19.1 Å². The van der Waals surface area contributed by atoms with Crippen LogP contribution in [-0.4, -0.2) is 83.6 Å². The number of carbonyl (C=O) groups is 2. The second kappa shape index (κ2) is 12.1. The first-order valence-electron chi connectivity index (χ1n) is 13.2. The summed E-state index contributed by atoms with van der Waals surface area (Å²) in [5.74, 6) is 1.77. The van der Waals surface area contributed by atoms with Crippen molar-refractivity contribution in [2.24, 2.45) is 0 Å². The summed E-state index contributed by atoms with van der Waals surface area (Å²) in [6, 6.07) is 6.41. The molecular formula is C28H34N8O4. The second-order valence-electron chi connectivity index (χ2n) is 9.91. The van der Waals surface area contributed by atoms with Gasteiger partial charge in [0.1, 0.15) is 29.3 Å². The number of benzene rings is 1. The zero-order valence-electron chi connectivity index (χ0n) is 22.9. The van der Waals surface area contributed by atoms with Crippen molar-refractivity contribution in [2.75, 3.05) is 51.5 Å². The number of hydrogen-bond donors (Lipinski definition) is 4. The molecule has 40 heavy (non-hydrogen) atoms. The number of aromatic nitrogens is 3. The summed E-state index contributed by atoms with van der Waals surface area (Å²) in [6.45, 7) is 2.00. The number of likely N-dealkylation sites (N-methyl/N-ethyl adjacent to an activating group) is 1. The van der Waals surface area contributed by atoms with Crippen molar-refractivity contribution in [3.8, 4) is 5.75 Å². The lowest BCUT2D eigenvalue weighted by molar-refractivity contribution is -0.133. The van der Waals surface area contributed by atoms with Crippen LogP contribution in [0.5, 0.6) is 5.75 Å². The first-order chi connectivity index (χ1) is 19.4. The minimum Gasteiger partial charge on any atom is -0.497 e. The maximum absolute atomic E-state index is 12.8. The Bertz CT molecular complexity index is 1430. The van der Waals surface area contributed by atoms with Crippen LogP contribution in [0.4, 0.5) is 16.3 Å². The molecule has 210 valence electrons. The van der Waals surface area contributed by atoms with Crippen LogP contribution in [-0.2, 0) is 16.1 Å². The Kier molecular flexibility index (Phi) is 8.15. The highest BCUT2D eigenvalue weighted by molar-refractivity contribution is 5.91. The number of H-pyrrole nitrogens is 1. The van der Waals surface area contributed by atoms with Crippen molar-refractivity contribution >= 4 is 34.5 Å². The summed E-state index contributed by atoms with van der Waals surface area (Å²) >= 11 is 0. The number of nitrogens with zero attached hydrogens (tertiary/aromatic N) is 4. The van der Waals surface area contributed by atoms with Gasteiger partial charge in [-0.2, -0.15) is 0 Å². The molecule has 0 spiro atoms. The molecule has 1 atom stereocenters. The van der Waals surface area contributed by atoms with E-state index in [9.17, 15) is 9.59 Å². The lowest BCUT2D eigenvalue weighted by Crippen LogP contribution is -2.35. The summed E-state index contributed by atoms with van der Waals surface area (Å²) in [6.07, 6.45) is 8.43. The van der Waals surface area contributed by atoms with Crippen molar-refractivity contribution in [3.05, 3.63) is 66.0 Å². The minimum atomic E-state index is -0.429. The minimum absolute atomic E-state index is 0.131. The van der Waals surface area contributed by atoms with Crippen LogP contribution in [0.1, 0.15) is 18.4 Å². The van der Waals surface area contributed by atoms with Gasteiger partial charge in [-0.1, -0.05) is 6.08 Å². The molecule has 4 N–H and O–H groups in total. The molecule has 3 amide bonds. The van der Waals surface area contributed by atoms with Gasteiger partial charge in [-0.15, -0.1) is 0 Å². The van der Waals surface area contributed by atoms with Gasteiger partial charge in [-0.05, 0) is 55.9 Å². The predicted octanol–water partition coefficient (Wildman–Crippen LogP) is 3.05. The monoisotopic (exact) mass is 546 g/mol.